The molecule has 0 fully saturated rings. The lowest BCUT2D eigenvalue weighted by molar-refractivity contribution is -0.117. The first-order valence-corrected chi connectivity index (χ1v) is 4.04. The van der Waals surface area contributed by atoms with Crippen LogP contribution in [-0.2, 0) is 4.79 Å². The first-order chi connectivity index (χ1) is 5.17. The van der Waals surface area contributed by atoms with Gasteiger partial charge in [-0.05, 0) is 20.0 Å². The zero-order chi connectivity index (χ0) is 8.85. The van der Waals surface area contributed by atoms with Gasteiger partial charge < -0.3 is 9.90 Å². The topological polar surface area (TPSA) is 40.5 Å². The molecule has 0 aromatic carbocycles. The first-order valence-electron chi connectivity index (χ1n) is 4.04. The van der Waals surface area contributed by atoms with Crippen LogP contribution in [0.1, 0.15) is 20.8 Å². The lowest BCUT2D eigenvalue weighted by atomic mass is 10.2. The van der Waals surface area contributed by atoms with Gasteiger partial charge in [-0.15, -0.1) is 0 Å². The number of carbonyl (C=O) groups excluding carboxylic acids is 1. The maximum absolute atomic E-state index is 10.2. The SMILES string of the molecule is CCN(CC)C(C)C(O)C=O. The van der Waals surface area contributed by atoms with Crippen LogP contribution in [-0.4, -0.2) is 41.5 Å². The van der Waals surface area contributed by atoms with Gasteiger partial charge in [0.15, 0.2) is 0 Å². The van der Waals surface area contributed by atoms with E-state index in [9.17, 15) is 4.79 Å². The van der Waals surface area contributed by atoms with Crippen LogP contribution in [0.25, 0.3) is 0 Å². The van der Waals surface area contributed by atoms with Gasteiger partial charge in [0.25, 0.3) is 0 Å². The van der Waals surface area contributed by atoms with E-state index in [1.54, 1.807) is 0 Å². The summed E-state index contributed by atoms with van der Waals surface area (Å²) in [6, 6.07) is -0.0671. The molecule has 3 heteroatoms. The highest BCUT2D eigenvalue weighted by atomic mass is 16.3. The summed E-state index contributed by atoms with van der Waals surface area (Å²) >= 11 is 0. The molecule has 0 rings (SSSR count). The van der Waals surface area contributed by atoms with E-state index in [0.717, 1.165) is 13.1 Å². The number of aldehydes is 1. The van der Waals surface area contributed by atoms with Crippen molar-refractivity contribution in [2.45, 2.75) is 32.9 Å². The summed E-state index contributed by atoms with van der Waals surface area (Å²) in [6.45, 7) is 7.60. The van der Waals surface area contributed by atoms with Crippen LogP contribution in [0.5, 0.6) is 0 Å². The summed E-state index contributed by atoms with van der Waals surface area (Å²) in [5.41, 5.74) is 0. The normalized spacial score (nSPS) is 16.5. The van der Waals surface area contributed by atoms with Gasteiger partial charge in [0.2, 0.25) is 0 Å². The minimum absolute atomic E-state index is 0.0671. The van der Waals surface area contributed by atoms with Crippen molar-refractivity contribution in [2.75, 3.05) is 13.1 Å². The van der Waals surface area contributed by atoms with Crippen molar-refractivity contribution < 1.29 is 9.90 Å². The number of hydrogen-bond acceptors (Lipinski definition) is 3. The van der Waals surface area contributed by atoms with Crippen LogP contribution in [0.4, 0.5) is 0 Å². The highest BCUT2D eigenvalue weighted by Crippen LogP contribution is 2.01. The number of aliphatic hydroxyl groups is 1. The second-order valence-electron chi connectivity index (χ2n) is 2.59. The molecule has 0 bridgehead atoms. The van der Waals surface area contributed by atoms with Gasteiger partial charge in [-0.25, -0.2) is 0 Å². The Bertz CT molecular complexity index is 113. The molecule has 0 aliphatic heterocycles. The van der Waals surface area contributed by atoms with Crippen LogP contribution in [0, 0.1) is 0 Å². The van der Waals surface area contributed by atoms with Gasteiger partial charge in [-0.3, -0.25) is 4.90 Å². The predicted octanol–water partition coefficient (Wildman–Crippen LogP) is 0.277. The third-order valence-electron chi connectivity index (χ3n) is 2.02. The molecular formula is C8H17NO2. The number of nitrogens with zero attached hydrogens (tertiary/aromatic N) is 1. The minimum atomic E-state index is -0.852. The molecule has 2 atom stereocenters. The van der Waals surface area contributed by atoms with Crippen LogP contribution < -0.4 is 0 Å². The van der Waals surface area contributed by atoms with Gasteiger partial charge >= 0.3 is 0 Å². The minimum Gasteiger partial charge on any atom is -0.384 e. The molecule has 2 unspecified atom stereocenters. The molecule has 66 valence electrons. The Morgan fingerprint density at radius 3 is 2.18 bits per heavy atom. The van der Waals surface area contributed by atoms with Crippen LogP contribution in [0.15, 0.2) is 0 Å². The molecule has 0 saturated carbocycles. The molecule has 0 radical (unpaired) electrons. The Kier molecular flexibility index (Phi) is 5.07. The van der Waals surface area contributed by atoms with Crippen molar-refractivity contribution in [1.82, 2.24) is 4.90 Å². The van der Waals surface area contributed by atoms with E-state index in [1.165, 1.54) is 0 Å². The van der Waals surface area contributed by atoms with E-state index in [0.29, 0.717) is 6.29 Å². The molecule has 0 aliphatic rings. The van der Waals surface area contributed by atoms with Gasteiger partial charge in [0.05, 0.1) is 0 Å². The Morgan fingerprint density at radius 1 is 1.45 bits per heavy atom. The summed E-state index contributed by atoms with van der Waals surface area (Å²) in [6.07, 6.45) is -0.266. The second-order valence-corrected chi connectivity index (χ2v) is 2.59. The fourth-order valence-corrected chi connectivity index (χ4v) is 1.13. The van der Waals surface area contributed by atoms with Crippen LogP contribution in [0.2, 0.25) is 0 Å². The van der Waals surface area contributed by atoms with Crippen LogP contribution in [0.3, 0.4) is 0 Å². The highest BCUT2D eigenvalue weighted by molar-refractivity contribution is 5.56. The quantitative estimate of drug-likeness (QED) is 0.586. The Labute approximate surface area is 68.0 Å². The van der Waals surface area contributed by atoms with Crippen molar-refractivity contribution >= 4 is 6.29 Å². The van der Waals surface area contributed by atoms with Crippen molar-refractivity contribution in [3.63, 3.8) is 0 Å². The number of rotatable bonds is 5. The van der Waals surface area contributed by atoms with Crippen LogP contribution >= 0.6 is 0 Å². The van der Waals surface area contributed by atoms with E-state index < -0.39 is 6.10 Å². The maximum atomic E-state index is 10.2. The lowest BCUT2D eigenvalue weighted by Crippen LogP contribution is -2.41. The fraction of sp³-hybridized carbons (Fsp3) is 0.875. The standard InChI is InChI=1S/C8H17NO2/c1-4-9(5-2)7(3)8(11)6-10/h6-8,11H,4-5H2,1-3H3. The Morgan fingerprint density at radius 2 is 1.91 bits per heavy atom. The molecule has 0 aromatic rings. The van der Waals surface area contributed by atoms with E-state index in [4.69, 9.17) is 5.11 Å². The fourth-order valence-electron chi connectivity index (χ4n) is 1.13. The van der Waals surface area contributed by atoms with E-state index in [1.807, 2.05) is 25.7 Å². The predicted molar refractivity (Wildman–Crippen MR) is 44.5 cm³/mol. The molecule has 0 spiro atoms. The highest BCUT2D eigenvalue weighted by Gasteiger charge is 2.17. The molecule has 0 aromatic heterocycles. The molecule has 0 amide bonds. The average Bonchev–Trinajstić information content (AvgIpc) is 2.05. The van der Waals surface area contributed by atoms with Gasteiger partial charge in [-0.2, -0.15) is 0 Å². The molecule has 0 aliphatic carbocycles. The summed E-state index contributed by atoms with van der Waals surface area (Å²) in [5, 5.41) is 9.15. The number of likely N-dealkylation sites (N-methyl/N-ethyl adjacent to an activating group) is 1. The van der Waals surface area contributed by atoms with Crippen molar-refractivity contribution in [3.8, 4) is 0 Å². The zero-order valence-corrected chi connectivity index (χ0v) is 7.45. The van der Waals surface area contributed by atoms with E-state index in [2.05, 4.69) is 0 Å². The summed E-state index contributed by atoms with van der Waals surface area (Å²) in [5.74, 6) is 0. The largest absolute Gasteiger partial charge is 0.384 e. The van der Waals surface area contributed by atoms with Crippen molar-refractivity contribution in [2.24, 2.45) is 0 Å². The van der Waals surface area contributed by atoms with Crippen molar-refractivity contribution in [1.29, 1.82) is 0 Å². The summed E-state index contributed by atoms with van der Waals surface area (Å²) < 4.78 is 0. The van der Waals surface area contributed by atoms with Gasteiger partial charge in [0, 0.05) is 6.04 Å². The molecule has 1 N–H and O–H groups in total. The number of hydrogen-bond donors (Lipinski definition) is 1. The maximum Gasteiger partial charge on any atom is 0.150 e. The van der Waals surface area contributed by atoms with Crippen molar-refractivity contribution in [3.05, 3.63) is 0 Å². The Hall–Kier alpha value is -0.410. The molecule has 0 saturated heterocycles. The first kappa shape index (κ1) is 10.6. The molecule has 11 heavy (non-hydrogen) atoms. The third kappa shape index (κ3) is 2.99. The van der Waals surface area contributed by atoms with Gasteiger partial charge in [0.1, 0.15) is 12.4 Å². The average molecular weight is 159 g/mol. The van der Waals surface area contributed by atoms with Gasteiger partial charge in [-0.1, -0.05) is 13.8 Å². The number of aliphatic hydroxyl groups excluding tert-OH is 1. The third-order valence-corrected chi connectivity index (χ3v) is 2.02. The lowest BCUT2D eigenvalue weighted by Gasteiger charge is -2.27. The van der Waals surface area contributed by atoms with E-state index >= 15 is 0 Å². The summed E-state index contributed by atoms with van der Waals surface area (Å²) in [4.78, 5) is 12.2. The smallest absolute Gasteiger partial charge is 0.150 e. The summed E-state index contributed by atoms with van der Waals surface area (Å²) in [7, 11) is 0. The zero-order valence-electron chi connectivity index (χ0n) is 7.45. The van der Waals surface area contributed by atoms with E-state index in [-0.39, 0.29) is 6.04 Å². The molecule has 0 heterocycles. The Balaban J connectivity index is 3.95. The number of carbonyl (C=O) groups is 1. The molecular weight excluding hydrogens is 142 g/mol. The monoisotopic (exact) mass is 159 g/mol. The second kappa shape index (κ2) is 5.27. The molecule has 3 nitrogen and oxygen atoms in total.